The second-order valence-electron chi connectivity index (χ2n) is 4.51. The minimum absolute atomic E-state index is 0.00362. The van der Waals surface area contributed by atoms with Crippen LogP contribution >= 0.6 is 23.2 Å². The predicted molar refractivity (Wildman–Crippen MR) is 73.7 cm³/mol. The highest BCUT2D eigenvalue weighted by atomic mass is 35.5. The van der Waals surface area contributed by atoms with Crippen molar-refractivity contribution >= 4 is 33.2 Å². The minimum Gasteiger partial charge on any atom is -0.207 e. The zero-order valence-electron chi connectivity index (χ0n) is 10.1. The van der Waals surface area contributed by atoms with Crippen molar-refractivity contribution in [3.05, 3.63) is 28.2 Å². The monoisotopic (exact) mass is 307 g/mol. The highest BCUT2D eigenvalue weighted by molar-refractivity contribution is 7.89. The number of hydrogen-bond acceptors (Lipinski definition) is 2. The van der Waals surface area contributed by atoms with Crippen LogP contribution in [0.1, 0.15) is 26.2 Å². The summed E-state index contributed by atoms with van der Waals surface area (Å²) < 4.78 is 26.7. The quantitative estimate of drug-likeness (QED) is 0.838. The lowest BCUT2D eigenvalue weighted by Crippen LogP contribution is -2.42. The normalized spacial score (nSPS) is 22.1. The fourth-order valence-corrected chi connectivity index (χ4v) is 5.07. The van der Waals surface area contributed by atoms with Crippen LogP contribution in [0, 0.1) is 0 Å². The lowest BCUT2D eigenvalue weighted by atomic mass is 10.1. The molecule has 1 aromatic carbocycles. The molecule has 2 rings (SSSR count). The molecular formula is C12H15Cl2NO2S. The summed E-state index contributed by atoms with van der Waals surface area (Å²) in [5.74, 6) is 0. The van der Waals surface area contributed by atoms with Gasteiger partial charge in [0, 0.05) is 12.6 Å². The summed E-state index contributed by atoms with van der Waals surface area (Å²) in [6, 6.07) is 4.74. The number of sulfonamides is 1. The molecule has 0 amide bonds. The van der Waals surface area contributed by atoms with Crippen molar-refractivity contribution in [1.29, 1.82) is 0 Å². The summed E-state index contributed by atoms with van der Waals surface area (Å²) >= 11 is 12.0. The van der Waals surface area contributed by atoms with E-state index >= 15 is 0 Å². The topological polar surface area (TPSA) is 37.4 Å². The Balaban J connectivity index is 2.48. The molecule has 0 saturated carbocycles. The maximum absolute atomic E-state index is 12.6. The van der Waals surface area contributed by atoms with Crippen molar-refractivity contribution in [3.8, 4) is 0 Å². The average molecular weight is 308 g/mol. The Morgan fingerprint density at radius 3 is 2.39 bits per heavy atom. The summed E-state index contributed by atoms with van der Waals surface area (Å²) in [7, 11) is -3.60. The SMILES string of the molecule is C[C@H]1CCCCN1S(=O)(=O)c1c(Cl)cccc1Cl. The first-order valence-electron chi connectivity index (χ1n) is 5.90. The smallest absolute Gasteiger partial charge is 0.207 e. The molecule has 0 spiro atoms. The molecule has 1 aromatic rings. The number of halogens is 2. The Hall–Kier alpha value is -0.290. The fourth-order valence-electron chi connectivity index (χ4n) is 2.28. The maximum Gasteiger partial charge on any atom is 0.246 e. The van der Waals surface area contributed by atoms with Crippen LogP contribution < -0.4 is 0 Å². The van der Waals surface area contributed by atoms with Crippen molar-refractivity contribution < 1.29 is 8.42 Å². The third kappa shape index (κ3) is 2.52. The lowest BCUT2D eigenvalue weighted by Gasteiger charge is -2.32. The van der Waals surface area contributed by atoms with Gasteiger partial charge in [-0.25, -0.2) is 8.42 Å². The maximum atomic E-state index is 12.6. The van der Waals surface area contributed by atoms with E-state index in [1.807, 2.05) is 6.92 Å². The van der Waals surface area contributed by atoms with Crippen LogP contribution in [0.2, 0.25) is 10.0 Å². The highest BCUT2D eigenvalue weighted by Crippen LogP contribution is 2.34. The van der Waals surface area contributed by atoms with Crippen LogP contribution in [-0.2, 0) is 10.0 Å². The van der Waals surface area contributed by atoms with Gasteiger partial charge in [-0.2, -0.15) is 4.31 Å². The van der Waals surface area contributed by atoms with E-state index in [9.17, 15) is 8.42 Å². The molecule has 18 heavy (non-hydrogen) atoms. The summed E-state index contributed by atoms with van der Waals surface area (Å²) in [4.78, 5) is 0.0297. The summed E-state index contributed by atoms with van der Waals surface area (Å²) in [6.45, 7) is 2.45. The Labute approximate surface area is 118 Å². The van der Waals surface area contributed by atoms with Crippen LogP contribution in [0.3, 0.4) is 0 Å². The molecule has 3 nitrogen and oxygen atoms in total. The molecule has 1 atom stereocenters. The first-order valence-corrected chi connectivity index (χ1v) is 8.10. The van der Waals surface area contributed by atoms with E-state index in [2.05, 4.69) is 0 Å². The van der Waals surface area contributed by atoms with E-state index < -0.39 is 10.0 Å². The van der Waals surface area contributed by atoms with Crippen LogP contribution in [0.15, 0.2) is 23.1 Å². The van der Waals surface area contributed by atoms with Gasteiger partial charge in [0.05, 0.1) is 10.0 Å². The van der Waals surface area contributed by atoms with Gasteiger partial charge in [0.15, 0.2) is 0 Å². The number of nitrogens with zero attached hydrogens (tertiary/aromatic N) is 1. The Morgan fingerprint density at radius 2 is 1.83 bits per heavy atom. The lowest BCUT2D eigenvalue weighted by molar-refractivity contribution is 0.268. The summed E-state index contributed by atoms with van der Waals surface area (Å²) in [5, 5.41) is 0.362. The number of rotatable bonds is 2. The molecule has 1 aliphatic rings. The van der Waals surface area contributed by atoms with E-state index in [0.29, 0.717) is 6.54 Å². The third-order valence-electron chi connectivity index (χ3n) is 3.23. The molecular weight excluding hydrogens is 293 g/mol. The molecule has 0 aliphatic carbocycles. The molecule has 1 heterocycles. The van der Waals surface area contributed by atoms with Gasteiger partial charge in [0.25, 0.3) is 0 Å². The molecule has 0 bridgehead atoms. The molecule has 0 radical (unpaired) electrons. The van der Waals surface area contributed by atoms with Crippen LogP contribution in [0.4, 0.5) is 0 Å². The number of hydrogen-bond donors (Lipinski definition) is 0. The van der Waals surface area contributed by atoms with Crippen molar-refractivity contribution in [1.82, 2.24) is 4.31 Å². The van der Waals surface area contributed by atoms with Crippen LogP contribution in [0.5, 0.6) is 0 Å². The zero-order valence-corrected chi connectivity index (χ0v) is 12.4. The molecule has 6 heteroatoms. The van der Waals surface area contributed by atoms with Crippen LogP contribution in [0.25, 0.3) is 0 Å². The summed E-state index contributed by atoms with van der Waals surface area (Å²) in [6.07, 6.45) is 2.82. The van der Waals surface area contributed by atoms with Gasteiger partial charge in [0.2, 0.25) is 10.0 Å². The molecule has 1 saturated heterocycles. The van der Waals surface area contributed by atoms with Gasteiger partial charge >= 0.3 is 0 Å². The highest BCUT2D eigenvalue weighted by Gasteiger charge is 2.33. The van der Waals surface area contributed by atoms with Gasteiger partial charge in [-0.15, -0.1) is 0 Å². The molecule has 1 fully saturated rings. The number of piperidine rings is 1. The first kappa shape index (κ1) is 14.1. The standard InChI is InChI=1S/C12H15Cl2NO2S/c1-9-5-2-3-8-15(9)18(16,17)12-10(13)6-4-7-11(12)14/h4,6-7,9H,2-3,5,8H2,1H3/t9-/m0/s1. The van der Waals surface area contributed by atoms with E-state index in [1.165, 1.54) is 4.31 Å². The summed E-state index contributed by atoms with van der Waals surface area (Å²) in [5.41, 5.74) is 0. The Bertz CT molecular complexity index is 525. The second-order valence-corrected chi connectivity index (χ2v) is 7.15. The van der Waals surface area contributed by atoms with Gasteiger partial charge in [-0.3, -0.25) is 0 Å². The van der Waals surface area contributed by atoms with Gasteiger partial charge in [0.1, 0.15) is 4.90 Å². The van der Waals surface area contributed by atoms with E-state index in [0.717, 1.165) is 19.3 Å². The predicted octanol–water partition coefficient (Wildman–Crippen LogP) is 3.56. The molecule has 0 unspecified atom stereocenters. The average Bonchev–Trinajstić information content (AvgIpc) is 2.28. The fraction of sp³-hybridized carbons (Fsp3) is 0.500. The second kappa shape index (κ2) is 5.37. The molecule has 0 aromatic heterocycles. The van der Waals surface area contributed by atoms with E-state index in [1.54, 1.807) is 18.2 Å². The minimum atomic E-state index is -3.60. The number of benzene rings is 1. The Morgan fingerprint density at radius 1 is 1.22 bits per heavy atom. The van der Waals surface area contributed by atoms with E-state index in [-0.39, 0.29) is 21.0 Å². The molecule has 100 valence electrons. The van der Waals surface area contributed by atoms with Crippen molar-refractivity contribution in [2.45, 2.75) is 37.1 Å². The van der Waals surface area contributed by atoms with E-state index in [4.69, 9.17) is 23.2 Å². The van der Waals surface area contributed by atoms with Crippen molar-refractivity contribution in [2.75, 3.05) is 6.54 Å². The zero-order chi connectivity index (χ0) is 13.3. The van der Waals surface area contributed by atoms with Crippen molar-refractivity contribution in [3.63, 3.8) is 0 Å². The van der Waals surface area contributed by atoms with Crippen LogP contribution in [-0.4, -0.2) is 25.3 Å². The largest absolute Gasteiger partial charge is 0.246 e. The molecule has 0 N–H and O–H groups in total. The van der Waals surface area contributed by atoms with Gasteiger partial charge in [-0.05, 0) is 31.9 Å². The third-order valence-corrected chi connectivity index (χ3v) is 6.20. The van der Waals surface area contributed by atoms with Gasteiger partial charge < -0.3 is 0 Å². The van der Waals surface area contributed by atoms with Gasteiger partial charge in [-0.1, -0.05) is 35.7 Å². The first-order chi connectivity index (χ1) is 8.44. The van der Waals surface area contributed by atoms with Crippen molar-refractivity contribution in [2.24, 2.45) is 0 Å². The molecule has 1 aliphatic heterocycles. The Kier molecular flexibility index (Phi) is 4.22.